The summed E-state index contributed by atoms with van der Waals surface area (Å²) >= 11 is 4.93. The third-order valence-corrected chi connectivity index (χ3v) is 3.17. The molecule has 10 nitrogen and oxygen atoms in total. The highest BCUT2D eigenvalue weighted by Gasteiger charge is 2.19. The van der Waals surface area contributed by atoms with Gasteiger partial charge in [-0.25, -0.2) is 0 Å². The van der Waals surface area contributed by atoms with Crippen molar-refractivity contribution in [3.8, 4) is 11.5 Å². The van der Waals surface area contributed by atoms with Crippen molar-refractivity contribution in [1.29, 1.82) is 0 Å². The van der Waals surface area contributed by atoms with Crippen LogP contribution < -0.4 is 10.3 Å². The van der Waals surface area contributed by atoms with E-state index < -0.39 is 21.9 Å². The van der Waals surface area contributed by atoms with E-state index in [4.69, 9.17) is 17.0 Å². The number of benzene rings is 1. The molecule has 2 rings (SSSR count). The highest BCUT2D eigenvalue weighted by Crippen LogP contribution is 2.36. The Morgan fingerprint density at radius 2 is 2.29 bits per heavy atom. The minimum atomic E-state index is -0.746. The van der Waals surface area contributed by atoms with Gasteiger partial charge in [0, 0.05) is 11.6 Å². The molecular weight excluding hydrogens is 338 g/mol. The van der Waals surface area contributed by atoms with Gasteiger partial charge in [0.05, 0.1) is 17.7 Å². The van der Waals surface area contributed by atoms with Gasteiger partial charge in [0.15, 0.2) is 5.75 Å². The molecule has 0 saturated heterocycles. The molecule has 11 heteroatoms. The maximum Gasteiger partial charge on any atom is 0.315 e. The average Bonchev–Trinajstić information content (AvgIpc) is 2.53. The Morgan fingerprint density at radius 3 is 2.92 bits per heavy atom. The number of rotatable bonds is 5. The molecule has 0 aliphatic rings. The first-order valence-corrected chi connectivity index (χ1v) is 7.12. The van der Waals surface area contributed by atoms with Crippen LogP contribution in [-0.4, -0.2) is 37.7 Å². The van der Waals surface area contributed by atoms with Crippen LogP contribution in [0, 0.1) is 21.8 Å². The lowest BCUT2D eigenvalue weighted by Gasteiger charge is -2.07. The summed E-state index contributed by atoms with van der Waals surface area (Å²) in [6.07, 6.45) is 1.19. The van der Waals surface area contributed by atoms with Gasteiger partial charge in [-0.15, -0.1) is 0 Å². The smallest absolute Gasteiger partial charge is 0.315 e. The minimum Gasteiger partial charge on any atom is -0.500 e. The number of phenols is 1. The Balaban J connectivity index is 2.54. The van der Waals surface area contributed by atoms with Crippen LogP contribution in [0.25, 0.3) is 0 Å². The average molecular weight is 351 g/mol. The minimum absolute atomic E-state index is 0.0276. The fourth-order valence-electron chi connectivity index (χ4n) is 1.79. The molecule has 0 spiro atoms. The van der Waals surface area contributed by atoms with E-state index in [0.29, 0.717) is 0 Å². The Kier molecular flexibility index (Phi) is 5.04. The van der Waals surface area contributed by atoms with Crippen molar-refractivity contribution in [2.75, 3.05) is 6.61 Å². The fourth-order valence-corrected chi connectivity index (χ4v) is 1.97. The topological polar surface area (TPSA) is 136 Å². The summed E-state index contributed by atoms with van der Waals surface area (Å²) in [4.78, 5) is 22.2. The molecule has 0 aliphatic carbocycles. The second kappa shape index (κ2) is 7.00. The van der Waals surface area contributed by atoms with Gasteiger partial charge in [-0.3, -0.25) is 20.0 Å². The van der Waals surface area contributed by atoms with Crippen molar-refractivity contribution in [2.24, 2.45) is 5.10 Å². The molecule has 0 radical (unpaired) electrons. The number of aryl methyl sites for hydroxylation is 1. The summed E-state index contributed by atoms with van der Waals surface area (Å²) in [5.41, 5.74) is -0.648. The number of nitro groups is 1. The number of aromatic amines is 1. The van der Waals surface area contributed by atoms with Gasteiger partial charge in [0.1, 0.15) is 5.69 Å². The van der Waals surface area contributed by atoms with Crippen molar-refractivity contribution >= 4 is 24.1 Å². The summed E-state index contributed by atoms with van der Waals surface area (Å²) in [5, 5.41) is 30.9. The quantitative estimate of drug-likeness (QED) is 0.360. The number of ether oxygens (including phenoxy) is 1. The summed E-state index contributed by atoms with van der Waals surface area (Å²) in [5.74, 6) is -0.634. The summed E-state index contributed by atoms with van der Waals surface area (Å²) in [6, 6.07) is 2.47. The predicted octanol–water partition coefficient (Wildman–Crippen LogP) is 1.50. The normalized spacial score (nSPS) is 10.9. The first-order chi connectivity index (χ1) is 11.3. The third kappa shape index (κ3) is 3.46. The second-order valence-corrected chi connectivity index (χ2v) is 4.94. The van der Waals surface area contributed by atoms with E-state index in [9.17, 15) is 20.0 Å². The van der Waals surface area contributed by atoms with E-state index in [1.54, 1.807) is 6.92 Å². The van der Waals surface area contributed by atoms with Gasteiger partial charge in [0.25, 0.3) is 5.56 Å². The Labute approximate surface area is 140 Å². The Morgan fingerprint density at radius 1 is 1.58 bits per heavy atom. The summed E-state index contributed by atoms with van der Waals surface area (Å²) < 4.78 is 6.04. The zero-order chi connectivity index (χ0) is 17.9. The van der Waals surface area contributed by atoms with E-state index in [0.717, 1.165) is 10.7 Å². The molecule has 0 aliphatic heterocycles. The lowest BCUT2D eigenvalue weighted by Crippen LogP contribution is -2.22. The number of nitro benzene ring substituents is 1. The van der Waals surface area contributed by atoms with Crippen molar-refractivity contribution in [3.63, 3.8) is 0 Å². The number of aromatic nitrogens is 3. The first-order valence-electron chi connectivity index (χ1n) is 6.72. The van der Waals surface area contributed by atoms with Crippen LogP contribution in [0.2, 0.25) is 0 Å². The van der Waals surface area contributed by atoms with Gasteiger partial charge in [-0.05, 0) is 32.1 Å². The highest BCUT2D eigenvalue weighted by atomic mass is 32.1. The summed E-state index contributed by atoms with van der Waals surface area (Å²) in [7, 11) is 0. The van der Waals surface area contributed by atoms with Gasteiger partial charge in [0.2, 0.25) is 10.5 Å². The zero-order valence-electron chi connectivity index (χ0n) is 12.7. The van der Waals surface area contributed by atoms with Crippen LogP contribution in [0.1, 0.15) is 18.2 Å². The van der Waals surface area contributed by atoms with Crippen LogP contribution in [0.15, 0.2) is 22.0 Å². The van der Waals surface area contributed by atoms with Gasteiger partial charge in [-0.1, -0.05) is 0 Å². The van der Waals surface area contributed by atoms with E-state index in [1.807, 2.05) is 0 Å². The molecule has 2 N–H and O–H groups in total. The number of nitrogens with one attached hydrogen (secondary N) is 1. The number of hydrogen-bond donors (Lipinski definition) is 2. The SMILES string of the molecule is CCOc1cc(/C=N\n2c(=S)[nH]nc(C)c2=O)cc([N+](=O)[O-])c1O. The van der Waals surface area contributed by atoms with Gasteiger partial charge in [-0.2, -0.15) is 14.9 Å². The molecular formula is C13H13N5O5S. The van der Waals surface area contributed by atoms with E-state index in [1.165, 1.54) is 19.2 Å². The molecule has 1 heterocycles. The molecule has 0 atom stereocenters. The van der Waals surface area contributed by atoms with Crippen molar-refractivity contribution in [3.05, 3.63) is 48.6 Å². The van der Waals surface area contributed by atoms with Crippen molar-refractivity contribution in [1.82, 2.24) is 14.9 Å². The molecule has 0 fully saturated rings. The van der Waals surface area contributed by atoms with Crippen molar-refractivity contribution < 1.29 is 14.8 Å². The van der Waals surface area contributed by atoms with E-state index in [2.05, 4.69) is 15.3 Å². The van der Waals surface area contributed by atoms with Gasteiger partial charge < -0.3 is 9.84 Å². The molecule has 0 bridgehead atoms. The molecule has 2 aromatic rings. The largest absolute Gasteiger partial charge is 0.500 e. The number of phenolic OH excluding ortho intramolecular Hbond substituents is 1. The molecule has 24 heavy (non-hydrogen) atoms. The molecule has 0 amide bonds. The lowest BCUT2D eigenvalue weighted by atomic mass is 10.2. The lowest BCUT2D eigenvalue weighted by molar-refractivity contribution is -0.386. The second-order valence-electron chi connectivity index (χ2n) is 4.55. The fraction of sp³-hybridized carbons (Fsp3) is 0.231. The van der Waals surface area contributed by atoms with E-state index >= 15 is 0 Å². The first kappa shape index (κ1) is 17.3. The number of hydrogen-bond acceptors (Lipinski definition) is 8. The van der Waals surface area contributed by atoms with Crippen LogP contribution in [0.4, 0.5) is 5.69 Å². The van der Waals surface area contributed by atoms with Crippen LogP contribution in [-0.2, 0) is 0 Å². The van der Waals surface area contributed by atoms with Gasteiger partial charge >= 0.3 is 5.69 Å². The number of aromatic hydroxyl groups is 1. The van der Waals surface area contributed by atoms with Crippen LogP contribution in [0.3, 0.4) is 0 Å². The summed E-state index contributed by atoms with van der Waals surface area (Å²) in [6.45, 7) is 3.36. The Hall–Kier alpha value is -3.08. The number of H-pyrrole nitrogens is 1. The monoisotopic (exact) mass is 351 g/mol. The molecule has 0 unspecified atom stereocenters. The maximum atomic E-state index is 11.9. The van der Waals surface area contributed by atoms with Crippen molar-refractivity contribution in [2.45, 2.75) is 13.8 Å². The standard InChI is InChI=1S/C13H13N5O5S/c1-3-23-10-5-8(4-9(11(10)19)18(21)22)6-14-17-12(20)7(2)15-16-13(17)24/h4-6,19H,3H2,1-2H3,(H,16,24)/b14-6-. The Bertz CT molecular complexity index is 933. The molecule has 126 valence electrons. The predicted molar refractivity (Wildman–Crippen MR) is 87.3 cm³/mol. The molecule has 0 saturated carbocycles. The molecule has 1 aromatic carbocycles. The van der Waals surface area contributed by atoms with Crippen LogP contribution >= 0.6 is 12.2 Å². The highest BCUT2D eigenvalue weighted by molar-refractivity contribution is 7.71. The number of nitrogens with zero attached hydrogens (tertiary/aromatic N) is 4. The molecule has 1 aromatic heterocycles. The maximum absolute atomic E-state index is 11.9. The third-order valence-electron chi connectivity index (χ3n) is 2.91. The zero-order valence-corrected chi connectivity index (χ0v) is 13.5. The van der Waals surface area contributed by atoms with E-state index in [-0.39, 0.29) is 28.4 Å². The van der Waals surface area contributed by atoms with Crippen LogP contribution in [0.5, 0.6) is 11.5 Å².